The number of ether oxygens (including phenoxy) is 3. The summed E-state index contributed by atoms with van der Waals surface area (Å²) in [5, 5.41) is 3.03. The van der Waals surface area contributed by atoms with E-state index < -0.39 is 0 Å². The molecule has 1 N–H and O–H groups in total. The van der Waals surface area contributed by atoms with Crippen molar-refractivity contribution in [3.63, 3.8) is 0 Å². The number of carbonyl (C=O) groups excluding carboxylic acids is 2. The van der Waals surface area contributed by atoms with Crippen LogP contribution in [0.3, 0.4) is 0 Å². The third kappa shape index (κ3) is 5.47. The third-order valence-corrected chi connectivity index (χ3v) is 6.85. The summed E-state index contributed by atoms with van der Waals surface area (Å²) in [6.07, 6.45) is 2.08. The highest BCUT2D eigenvalue weighted by molar-refractivity contribution is 5.94. The number of carbonyl (C=O) groups is 2. The Morgan fingerprint density at radius 1 is 1.09 bits per heavy atom. The monoisotopic (exact) mass is 481 g/mol. The lowest BCUT2D eigenvalue weighted by Gasteiger charge is -2.39. The Balaban J connectivity index is 1.35. The first-order valence-corrected chi connectivity index (χ1v) is 12.3. The molecule has 0 spiro atoms. The van der Waals surface area contributed by atoms with Crippen molar-refractivity contribution in [1.29, 1.82) is 0 Å². The van der Waals surface area contributed by atoms with E-state index in [2.05, 4.69) is 12.2 Å². The number of nitrogens with zero attached hydrogens (tertiary/aromatic N) is 2. The molecular formula is C27H35N3O5. The van der Waals surface area contributed by atoms with Crippen LogP contribution in [0.5, 0.6) is 17.2 Å². The van der Waals surface area contributed by atoms with Crippen molar-refractivity contribution in [3.05, 3.63) is 47.5 Å². The van der Waals surface area contributed by atoms with Gasteiger partial charge in [0.25, 0.3) is 0 Å². The van der Waals surface area contributed by atoms with Gasteiger partial charge in [-0.3, -0.25) is 9.69 Å². The van der Waals surface area contributed by atoms with Crippen molar-refractivity contribution >= 4 is 17.6 Å². The van der Waals surface area contributed by atoms with E-state index in [4.69, 9.17) is 14.2 Å². The number of rotatable bonds is 6. The predicted molar refractivity (Wildman–Crippen MR) is 134 cm³/mol. The van der Waals surface area contributed by atoms with Gasteiger partial charge >= 0.3 is 6.03 Å². The largest absolute Gasteiger partial charge is 0.497 e. The van der Waals surface area contributed by atoms with Gasteiger partial charge in [-0.05, 0) is 62.1 Å². The van der Waals surface area contributed by atoms with Crippen LogP contribution in [0.1, 0.15) is 37.3 Å². The Bertz CT molecular complexity index is 1060. The second-order valence-corrected chi connectivity index (χ2v) is 9.17. The molecule has 0 bridgehead atoms. The number of aryl methyl sites for hydroxylation is 1. The zero-order valence-corrected chi connectivity index (χ0v) is 21.0. The molecule has 1 fully saturated rings. The van der Waals surface area contributed by atoms with Crippen LogP contribution in [0.4, 0.5) is 10.5 Å². The average Bonchev–Trinajstić information content (AvgIpc) is 2.90. The van der Waals surface area contributed by atoms with Gasteiger partial charge in [0.15, 0.2) is 0 Å². The van der Waals surface area contributed by atoms with Crippen molar-refractivity contribution in [2.45, 2.75) is 45.8 Å². The molecule has 188 valence electrons. The second-order valence-electron chi connectivity index (χ2n) is 9.17. The van der Waals surface area contributed by atoms with Gasteiger partial charge in [-0.25, -0.2) is 4.79 Å². The van der Waals surface area contributed by atoms with Crippen LogP contribution in [-0.4, -0.2) is 56.8 Å². The first-order valence-electron chi connectivity index (χ1n) is 12.3. The molecule has 35 heavy (non-hydrogen) atoms. The Morgan fingerprint density at radius 3 is 2.54 bits per heavy atom. The summed E-state index contributed by atoms with van der Waals surface area (Å²) in [6, 6.07) is 11.5. The summed E-state index contributed by atoms with van der Waals surface area (Å²) in [5.74, 6) is 2.05. The summed E-state index contributed by atoms with van der Waals surface area (Å²) in [6.45, 7) is 6.08. The zero-order chi connectivity index (χ0) is 24.9. The number of nitrogens with one attached hydrogen (secondary N) is 1. The fraction of sp³-hybridized carbons (Fsp3) is 0.481. The molecule has 0 radical (unpaired) electrons. The number of amides is 3. The van der Waals surface area contributed by atoms with Crippen LogP contribution in [0.15, 0.2) is 36.4 Å². The average molecular weight is 482 g/mol. The molecule has 0 saturated carbocycles. The minimum Gasteiger partial charge on any atom is -0.497 e. The molecule has 3 amide bonds. The van der Waals surface area contributed by atoms with Crippen molar-refractivity contribution in [2.75, 3.05) is 38.8 Å². The number of urea groups is 1. The minimum absolute atomic E-state index is 0.000335. The van der Waals surface area contributed by atoms with Gasteiger partial charge in [0.05, 0.1) is 26.5 Å². The molecular weight excluding hydrogens is 446 g/mol. The van der Waals surface area contributed by atoms with Gasteiger partial charge in [0.2, 0.25) is 5.91 Å². The molecule has 2 heterocycles. The first-order chi connectivity index (χ1) is 16.9. The van der Waals surface area contributed by atoms with Gasteiger partial charge in [-0.15, -0.1) is 0 Å². The SMILES string of the molecule is CC[C@@H]1CN(C(=O)N2CCC(C(=O)NCc3cc(OC)ccc3OC)CC2)c2cc(C)ccc2O1. The lowest BCUT2D eigenvalue weighted by atomic mass is 9.96. The normalized spacial score (nSPS) is 17.9. The van der Waals surface area contributed by atoms with E-state index in [1.807, 2.05) is 53.1 Å². The number of hydrogen-bond donors (Lipinski definition) is 1. The molecule has 1 atom stereocenters. The van der Waals surface area contributed by atoms with Crippen LogP contribution in [-0.2, 0) is 11.3 Å². The number of hydrogen-bond acceptors (Lipinski definition) is 5. The quantitative estimate of drug-likeness (QED) is 0.671. The molecule has 2 aromatic carbocycles. The molecule has 8 nitrogen and oxygen atoms in total. The van der Waals surface area contributed by atoms with Gasteiger partial charge in [0.1, 0.15) is 23.4 Å². The van der Waals surface area contributed by atoms with E-state index in [1.165, 1.54) is 0 Å². The highest BCUT2D eigenvalue weighted by Gasteiger charge is 2.34. The summed E-state index contributed by atoms with van der Waals surface area (Å²) in [4.78, 5) is 30.1. The number of fused-ring (bicyclic) bond motifs is 1. The van der Waals surface area contributed by atoms with Crippen LogP contribution in [0.25, 0.3) is 0 Å². The number of likely N-dealkylation sites (tertiary alicyclic amines) is 1. The maximum absolute atomic E-state index is 13.5. The predicted octanol–water partition coefficient (Wildman–Crippen LogP) is 4.14. The molecule has 0 aliphatic carbocycles. The van der Waals surface area contributed by atoms with E-state index in [0.29, 0.717) is 50.5 Å². The van der Waals surface area contributed by atoms with E-state index in [-0.39, 0.29) is 24.0 Å². The topological polar surface area (TPSA) is 80.3 Å². The Kier molecular flexibility index (Phi) is 7.68. The van der Waals surface area contributed by atoms with Gasteiger partial charge in [-0.2, -0.15) is 0 Å². The summed E-state index contributed by atoms with van der Waals surface area (Å²) in [5.41, 5.74) is 2.77. The van der Waals surface area contributed by atoms with E-state index in [0.717, 1.165) is 29.0 Å². The molecule has 2 aromatic rings. The lowest BCUT2D eigenvalue weighted by Crippen LogP contribution is -2.52. The van der Waals surface area contributed by atoms with Crippen LogP contribution >= 0.6 is 0 Å². The van der Waals surface area contributed by atoms with Gasteiger partial charge in [-0.1, -0.05) is 13.0 Å². The molecule has 4 rings (SSSR count). The lowest BCUT2D eigenvalue weighted by molar-refractivity contribution is -0.126. The highest BCUT2D eigenvalue weighted by atomic mass is 16.5. The first kappa shape index (κ1) is 24.7. The van der Waals surface area contributed by atoms with Crippen molar-refractivity contribution < 1.29 is 23.8 Å². The number of methoxy groups -OCH3 is 2. The molecule has 1 saturated heterocycles. The Morgan fingerprint density at radius 2 is 1.86 bits per heavy atom. The highest BCUT2D eigenvalue weighted by Crippen LogP contribution is 2.36. The van der Waals surface area contributed by atoms with E-state index >= 15 is 0 Å². The van der Waals surface area contributed by atoms with E-state index in [9.17, 15) is 9.59 Å². The Labute approximate surface area is 207 Å². The molecule has 8 heteroatoms. The fourth-order valence-electron chi connectivity index (χ4n) is 4.70. The van der Waals surface area contributed by atoms with Crippen molar-refractivity contribution in [2.24, 2.45) is 5.92 Å². The number of piperidine rings is 1. The maximum atomic E-state index is 13.5. The zero-order valence-electron chi connectivity index (χ0n) is 21.0. The summed E-state index contributed by atoms with van der Waals surface area (Å²) >= 11 is 0. The summed E-state index contributed by atoms with van der Waals surface area (Å²) in [7, 11) is 3.22. The second kappa shape index (κ2) is 10.9. The maximum Gasteiger partial charge on any atom is 0.324 e. The van der Waals surface area contributed by atoms with Crippen molar-refractivity contribution in [3.8, 4) is 17.2 Å². The minimum atomic E-state index is -0.127. The standard InChI is InChI=1S/C27H35N3O5/c1-5-21-17-30(23-14-18(2)6-8-25(23)35-21)27(32)29-12-10-19(11-13-29)26(31)28-16-20-15-22(33-3)7-9-24(20)34-4/h6-9,14-15,19,21H,5,10-13,16-17H2,1-4H3,(H,28,31)/t21-/m1/s1. The third-order valence-electron chi connectivity index (χ3n) is 6.85. The van der Waals surface area contributed by atoms with Gasteiger partial charge in [0, 0.05) is 31.1 Å². The van der Waals surface area contributed by atoms with Crippen LogP contribution in [0.2, 0.25) is 0 Å². The smallest absolute Gasteiger partial charge is 0.324 e. The summed E-state index contributed by atoms with van der Waals surface area (Å²) < 4.78 is 16.8. The number of anilines is 1. The van der Waals surface area contributed by atoms with Crippen molar-refractivity contribution in [1.82, 2.24) is 10.2 Å². The molecule has 2 aliphatic heterocycles. The van der Waals surface area contributed by atoms with Gasteiger partial charge < -0.3 is 24.4 Å². The van der Waals surface area contributed by atoms with Crippen LogP contribution < -0.4 is 24.4 Å². The number of benzene rings is 2. The molecule has 0 aromatic heterocycles. The Hall–Kier alpha value is -3.42. The van der Waals surface area contributed by atoms with Crippen LogP contribution in [0, 0.1) is 12.8 Å². The molecule has 2 aliphatic rings. The fourth-order valence-corrected chi connectivity index (χ4v) is 4.70. The molecule has 0 unspecified atom stereocenters. The van der Waals surface area contributed by atoms with E-state index in [1.54, 1.807) is 14.2 Å².